The number of rotatable bonds is 4. The molecule has 1 heterocycles. The minimum atomic E-state index is -4.85. The molecule has 178 valence electrons. The van der Waals surface area contributed by atoms with Crippen molar-refractivity contribution in [3.8, 4) is 11.5 Å². The molecule has 0 radical (unpaired) electrons. The Hall–Kier alpha value is -3.89. The summed E-state index contributed by atoms with van der Waals surface area (Å²) in [4.78, 5) is 12.1. The molecule has 3 aromatic rings. The zero-order valence-electron chi connectivity index (χ0n) is 17.7. The van der Waals surface area contributed by atoms with Crippen LogP contribution in [-0.4, -0.2) is 26.6 Å². The summed E-state index contributed by atoms with van der Waals surface area (Å²) < 4.78 is 80.0. The maximum absolute atomic E-state index is 13.3. The summed E-state index contributed by atoms with van der Waals surface area (Å²) in [5.74, 6) is -1.95. The molecule has 0 saturated carbocycles. The maximum atomic E-state index is 13.3. The zero-order valence-corrected chi connectivity index (χ0v) is 17.7. The molecule has 0 spiro atoms. The van der Waals surface area contributed by atoms with E-state index in [1.807, 2.05) is 0 Å². The Morgan fingerprint density at radius 2 is 1.00 bits per heavy atom. The summed E-state index contributed by atoms with van der Waals surface area (Å²) in [5.41, 5.74) is -3.20. The molecule has 5 nitrogen and oxygen atoms in total. The highest BCUT2D eigenvalue weighted by Gasteiger charge is 2.37. The number of halogens is 6. The first-order chi connectivity index (χ1) is 15.8. The van der Waals surface area contributed by atoms with Crippen molar-refractivity contribution in [2.75, 3.05) is 0 Å². The quantitative estimate of drug-likeness (QED) is 0.317. The molecule has 0 atom stereocenters. The number of aromatic hydroxyl groups is 2. The van der Waals surface area contributed by atoms with Crippen molar-refractivity contribution in [2.45, 2.75) is 26.2 Å². The molecule has 0 amide bonds. The summed E-state index contributed by atoms with van der Waals surface area (Å²) in [6, 6.07) is 10.8. The lowest BCUT2D eigenvalue weighted by Crippen LogP contribution is -2.08. The molecular formula is C23H17F6N3O2. The Bertz CT molecular complexity index is 1190. The molecule has 0 saturated heterocycles. The summed E-state index contributed by atoms with van der Waals surface area (Å²) >= 11 is 0. The second-order valence-corrected chi connectivity index (χ2v) is 7.14. The second-order valence-electron chi connectivity index (χ2n) is 7.14. The Morgan fingerprint density at radius 3 is 1.35 bits per heavy atom. The number of aliphatic imine (C=N–C) groups is 2. The number of phenols is 2. The van der Waals surface area contributed by atoms with E-state index in [1.54, 1.807) is 0 Å². The fraction of sp³-hybridized carbons (Fsp3) is 0.174. The molecule has 0 bridgehead atoms. The third kappa shape index (κ3) is 5.36. The predicted molar refractivity (Wildman–Crippen MR) is 114 cm³/mol. The van der Waals surface area contributed by atoms with E-state index in [0.717, 1.165) is 24.3 Å². The summed E-state index contributed by atoms with van der Waals surface area (Å²) in [6.07, 6.45) is -9.69. The van der Waals surface area contributed by atoms with Crippen LogP contribution in [0.15, 0.2) is 64.6 Å². The molecule has 0 aliphatic heterocycles. The molecule has 0 fully saturated rings. The van der Waals surface area contributed by atoms with Crippen molar-refractivity contribution in [1.82, 2.24) is 4.98 Å². The van der Waals surface area contributed by atoms with E-state index in [9.17, 15) is 36.6 Å². The Labute approximate surface area is 189 Å². The number of nitrogens with zero attached hydrogens (tertiary/aromatic N) is 3. The van der Waals surface area contributed by atoms with Gasteiger partial charge in [-0.3, -0.25) is 9.98 Å². The minimum absolute atomic E-state index is 0.0686. The van der Waals surface area contributed by atoms with E-state index < -0.39 is 46.4 Å². The van der Waals surface area contributed by atoms with Gasteiger partial charge in [-0.25, -0.2) is 4.98 Å². The fourth-order valence-electron chi connectivity index (χ4n) is 3.14. The SMILES string of the molecule is CC(=Nc1cccc(O)c1C(F)(F)F)c1cccc(C(C)=Nc2cccc(O)c2C(F)(F)F)n1. The first kappa shape index (κ1) is 24.7. The highest BCUT2D eigenvalue weighted by atomic mass is 19.4. The predicted octanol–water partition coefficient (Wildman–Crippen LogP) is 6.81. The standard InChI is InChI=1S/C23H17F6N3O2/c1-12(30-16-8-4-10-18(33)20(16)22(24,25)26)14-6-3-7-15(32-14)13(2)31-17-9-5-11-19(34)21(17)23(27,28)29/h3-11,33-34H,1-2H3. The van der Waals surface area contributed by atoms with Gasteiger partial charge in [0.25, 0.3) is 0 Å². The van der Waals surface area contributed by atoms with Gasteiger partial charge in [-0.05, 0) is 50.2 Å². The van der Waals surface area contributed by atoms with E-state index in [-0.39, 0.29) is 22.8 Å². The lowest BCUT2D eigenvalue weighted by molar-refractivity contribution is -0.139. The molecule has 3 rings (SSSR count). The van der Waals surface area contributed by atoms with Crippen LogP contribution in [0.3, 0.4) is 0 Å². The lowest BCUT2D eigenvalue weighted by Gasteiger charge is -2.13. The van der Waals surface area contributed by atoms with E-state index in [2.05, 4.69) is 15.0 Å². The average Bonchev–Trinajstić information content (AvgIpc) is 2.72. The Morgan fingerprint density at radius 1 is 0.647 bits per heavy atom. The van der Waals surface area contributed by atoms with Gasteiger partial charge in [0, 0.05) is 0 Å². The fourth-order valence-corrected chi connectivity index (χ4v) is 3.14. The van der Waals surface area contributed by atoms with Crippen molar-refractivity contribution in [3.05, 3.63) is 77.1 Å². The summed E-state index contributed by atoms with van der Waals surface area (Å²) in [6.45, 7) is 2.81. The van der Waals surface area contributed by atoms with Crippen molar-refractivity contribution in [3.63, 3.8) is 0 Å². The summed E-state index contributed by atoms with van der Waals surface area (Å²) in [7, 11) is 0. The topological polar surface area (TPSA) is 78.1 Å². The van der Waals surface area contributed by atoms with Crippen LogP contribution < -0.4 is 0 Å². The van der Waals surface area contributed by atoms with Gasteiger partial charge in [0.2, 0.25) is 0 Å². The van der Waals surface area contributed by atoms with Crippen molar-refractivity contribution in [1.29, 1.82) is 0 Å². The van der Waals surface area contributed by atoms with Crippen molar-refractivity contribution < 1.29 is 36.6 Å². The van der Waals surface area contributed by atoms with Gasteiger partial charge in [0.05, 0.1) is 34.2 Å². The van der Waals surface area contributed by atoms with Crippen LogP contribution in [0.5, 0.6) is 11.5 Å². The molecule has 0 aliphatic rings. The van der Waals surface area contributed by atoms with Crippen molar-refractivity contribution in [2.24, 2.45) is 9.98 Å². The van der Waals surface area contributed by atoms with Crippen LogP contribution in [0.1, 0.15) is 36.4 Å². The number of benzene rings is 2. The molecule has 2 N–H and O–H groups in total. The van der Waals surface area contributed by atoms with E-state index in [1.165, 1.54) is 44.2 Å². The Balaban J connectivity index is 2.03. The molecule has 2 aromatic carbocycles. The van der Waals surface area contributed by atoms with Gasteiger partial charge in [0.15, 0.2) is 0 Å². The van der Waals surface area contributed by atoms with Gasteiger partial charge in [-0.2, -0.15) is 26.3 Å². The lowest BCUT2D eigenvalue weighted by atomic mass is 10.1. The van der Waals surface area contributed by atoms with Crippen LogP contribution in [0, 0.1) is 0 Å². The molecule has 11 heteroatoms. The average molecular weight is 481 g/mol. The Kier molecular flexibility index (Phi) is 6.67. The zero-order chi connectivity index (χ0) is 25.3. The number of phenolic OH excluding ortho intramolecular Hbond substituents is 2. The number of alkyl halides is 6. The minimum Gasteiger partial charge on any atom is -0.507 e. The third-order valence-corrected chi connectivity index (χ3v) is 4.67. The van der Waals surface area contributed by atoms with Gasteiger partial charge < -0.3 is 10.2 Å². The van der Waals surface area contributed by atoms with Gasteiger partial charge in [0.1, 0.15) is 22.6 Å². The largest absolute Gasteiger partial charge is 0.507 e. The smallest absolute Gasteiger partial charge is 0.422 e. The van der Waals surface area contributed by atoms with Gasteiger partial charge >= 0.3 is 12.4 Å². The summed E-state index contributed by atoms with van der Waals surface area (Å²) in [5, 5.41) is 19.3. The van der Waals surface area contributed by atoms with E-state index >= 15 is 0 Å². The van der Waals surface area contributed by atoms with Gasteiger partial charge in [-0.1, -0.05) is 18.2 Å². The van der Waals surface area contributed by atoms with Crippen molar-refractivity contribution >= 4 is 22.8 Å². The van der Waals surface area contributed by atoms with Crippen LogP contribution in [0.2, 0.25) is 0 Å². The van der Waals surface area contributed by atoms with Crippen LogP contribution >= 0.6 is 0 Å². The third-order valence-electron chi connectivity index (χ3n) is 4.67. The monoisotopic (exact) mass is 481 g/mol. The second kappa shape index (κ2) is 9.16. The first-order valence-electron chi connectivity index (χ1n) is 9.65. The van der Waals surface area contributed by atoms with Crippen LogP contribution in [-0.2, 0) is 12.4 Å². The van der Waals surface area contributed by atoms with Gasteiger partial charge in [-0.15, -0.1) is 0 Å². The van der Waals surface area contributed by atoms with Crippen LogP contribution in [0.4, 0.5) is 37.7 Å². The number of hydrogen-bond donors (Lipinski definition) is 2. The molecule has 34 heavy (non-hydrogen) atoms. The highest BCUT2D eigenvalue weighted by Crippen LogP contribution is 2.43. The highest BCUT2D eigenvalue weighted by molar-refractivity contribution is 6.02. The van der Waals surface area contributed by atoms with E-state index in [0.29, 0.717) is 0 Å². The molecular weight excluding hydrogens is 464 g/mol. The van der Waals surface area contributed by atoms with Crippen LogP contribution in [0.25, 0.3) is 0 Å². The number of aromatic nitrogens is 1. The first-order valence-corrected chi connectivity index (χ1v) is 9.65. The number of pyridine rings is 1. The normalized spacial score (nSPS) is 13.3. The van der Waals surface area contributed by atoms with E-state index in [4.69, 9.17) is 0 Å². The maximum Gasteiger partial charge on any atom is 0.422 e. The molecule has 0 unspecified atom stereocenters. The molecule has 0 aliphatic carbocycles. The number of hydrogen-bond acceptors (Lipinski definition) is 5. The molecule has 1 aromatic heterocycles.